The van der Waals surface area contributed by atoms with Gasteiger partial charge in [-0.2, -0.15) is 0 Å². The molecule has 2 nitrogen and oxygen atoms in total. The van der Waals surface area contributed by atoms with Gasteiger partial charge in [0.1, 0.15) is 0 Å². The first-order valence-corrected chi connectivity index (χ1v) is 6.04. The summed E-state index contributed by atoms with van der Waals surface area (Å²) in [6.45, 7) is 4.83. The molecule has 0 N–H and O–H groups in total. The minimum Gasteiger partial charge on any atom is -0.465 e. The van der Waals surface area contributed by atoms with Gasteiger partial charge in [0, 0.05) is 11.8 Å². The number of hydrogen-bond donors (Lipinski definition) is 0. The van der Waals surface area contributed by atoms with Crippen LogP contribution >= 0.6 is 15.9 Å². The van der Waals surface area contributed by atoms with Crippen molar-refractivity contribution in [2.24, 2.45) is 5.92 Å². The smallest absolute Gasteiger partial charge is 0.305 e. The lowest BCUT2D eigenvalue weighted by molar-refractivity contribution is -0.144. The average Bonchev–Trinajstić information content (AvgIpc) is 2.12. The maximum Gasteiger partial charge on any atom is 0.305 e. The standard InChI is InChI=1S/C10H19BrO2/c1-3-5-9(2)8-13-10(12)6-4-7-11/h9H,3-8H2,1-2H3. The Bertz CT molecular complexity index is 137. The van der Waals surface area contributed by atoms with Crippen molar-refractivity contribution >= 4 is 21.9 Å². The topological polar surface area (TPSA) is 26.3 Å². The summed E-state index contributed by atoms with van der Waals surface area (Å²) in [5.74, 6) is 0.431. The molecule has 13 heavy (non-hydrogen) atoms. The SMILES string of the molecule is CCCC(C)COC(=O)CCCBr. The Balaban J connectivity index is 3.34. The third-order valence-corrected chi connectivity index (χ3v) is 2.39. The molecular weight excluding hydrogens is 232 g/mol. The highest BCUT2D eigenvalue weighted by Crippen LogP contribution is 2.06. The Morgan fingerprint density at radius 2 is 2.23 bits per heavy atom. The maximum atomic E-state index is 11.1. The summed E-state index contributed by atoms with van der Waals surface area (Å²) in [6.07, 6.45) is 3.68. The number of ether oxygens (including phenoxy) is 1. The van der Waals surface area contributed by atoms with Gasteiger partial charge in [-0.1, -0.05) is 36.2 Å². The summed E-state index contributed by atoms with van der Waals surface area (Å²) in [4.78, 5) is 11.1. The fourth-order valence-corrected chi connectivity index (χ4v) is 1.38. The molecule has 0 rings (SSSR count). The van der Waals surface area contributed by atoms with E-state index in [4.69, 9.17) is 4.74 Å². The average molecular weight is 251 g/mol. The zero-order chi connectivity index (χ0) is 10.1. The van der Waals surface area contributed by atoms with E-state index < -0.39 is 0 Å². The predicted octanol–water partition coefficient (Wildman–Crippen LogP) is 3.14. The third kappa shape index (κ3) is 8.28. The van der Waals surface area contributed by atoms with Crippen LogP contribution in [-0.2, 0) is 9.53 Å². The van der Waals surface area contributed by atoms with E-state index in [1.807, 2.05) is 0 Å². The molecule has 0 radical (unpaired) electrons. The van der Waals surface area contributed by atoms with Gasteiger partial charge in [0.25, 0.3) is 0 Å². The number of rotatable bonds is 7. The van der Waals surface area contributed by atoms with E-state index in [-0.39, 0.29) is 5.97 Å². The van der Waals surface area contributed by atoms with Crippen LogP contribution in [0, 0.1) is 5.92 Å². The van der Waals surface area contributed by atoms with Gasteiger partial charge in [0.05, 0.1) is 6.61 Å². The van der Waals surface area contributed by atoms with Crippen LogP contribution in [-0.4, -0.2) is 17.9 Å². The van der Waals surface area contributed by atoms with Gasteiger partial charge in [-0.05, 0) is 18.8 Å². The lowest BCUT2D eigenvalue weighted by Crippen LogP contribution is -2.11. The summed E-state index contributed by atoms with van der Waals surface area (Å²) in [5, 5.41) is 0.868. The van der Waals surface area contributed by atoms with E-state index >= 15 is 0 Å². The number of esters is 1. The van der Waals surface area contributed by atoms with Gasteiger partial charge >= 0.3 is 5.97 Å². The van der Waals surface area contributed by atoms with Crippen molar-refractivity contribution in [2.45, 2.75) is 39.5 Å². The largest absolute Gasteiger partial charge is 0.465 e. The zero-order valence-electron chi connectivity index (χ0n) is 8.51. The molecule has 0 spiro atoms. The molecule has 0 aliphatic heterocycles. The number of alkyl halides is 1. The second-order valence-corrected chi connectivity index (χ2v) is 4.16. The predicted molar refractivity (Wildman–Crippen MR) is 58.1 cm³/mol. The van der Waals surface area contributed by atoms with Crippen LogP contribution in [0.25, 0.3) is 0 Å². The van der Waals surface area contributed by atoms with Crippen molar-refractivity contribution in [3.8, 4) is 0 Å². The van der Waals surface area contributed by atoms with E-state index in [2.05, 4.69) is 29.8 Å². The molecule has 0 saturated carbocycles. The molecule has 0 bridgehead atoms. The number of halogens is 1. The van der Waals surface area contributed by atoms with Crippen LogP contribution in [0.15, 0.2) is 0 Å². The minimum atomic E-state index is -0.0672. The monoisotopic (exact) mass is 250 g/mol. The first-order chi connectivity index (χ1) is 6.20. The number of carbonyl (C=O) groups excluding carboxylic acids is 1. The van der Waals surface area contributed by atoms with Crippen LogP contribution in [0.1, 0.15) is 39.5 Å². The Kier molecular flexibility index (Phi) is 8.51. The molecule has 0 fully saturated rings. The molecule has 78 valence electrons. The van der Waals surface area contributed by atoms with Crippen LogP contribution < -0.4 is 0 Å². The van der Waals surface area contributed by atoms with Crippen molar-refractivity contribution in [1.82, 2.24) is 0 Å². The molecule has 0 heterocycles. The fourth-order valence-electron chi connectivity index (χ4n) is 1.09. The molecule has 1 unspecified atom stereocenters. The summed E-state index contributed by atoms with van der Waals surface area (Å²) in [5.41, 5.74) is 0. The normalized spacial score (nSPS) is 12.5. The van der Waals surface area contributed by atoms with Crippen LogP contribution in [0.3, 0.4) is 0 Å². The molecule has 0 aromatic rings. The van der Waals surface area contributed by atoms with Crippen molar-refractivity contribution < 1.29 is 9.53 Å². The van der Waals surface area contributed by atoms with Crippen molar-refractivity contribution in [3.63, 3.8) is 0 Å². The first-order valence-electron chi connectivity index (χ1n) is 4.92. The molecule has 0 aliphatic carbocycles. The van der Waals surface area contributed by atoms with E-state index in [9.17, 15) is 4.79 Å². The molecule has 0 saturated heterocycles. The van der Waals surface area contributed by atoms with E-state index in [1.54, 1.807) is 0 Å². The lowest BCUT2D eigenvalue weighted by Gasteiger charge is -2.10. The molecule has 0 aromatic heterocycles. The quantitative estimate of drug-likeness (QED) is 0.513. The Morgan fingerprint density at radius 1 is 1.54 bits per heavy atom. The summed E-state index contributed by atoms with van der Waals surface area (Å²) in [7, 11) is 0. The van der Waals surface area contributed by atoms with E-state index in [0.29, 0.717) is 18.9 Å². The first kappa shape index (κ1) is 12.9. The molecule has 3 heteroatoms. The third-order valence-electron chi connectivity index (χ3n) is 1.82. The van der Waals surface area contributed by atoms with Crippen molar-refractivity contribution in [1.29, 1.82) is 0 Å². The van der Waals surface area contributed by atoms with Crippen LogP contribution in [0.4, 0.5) is 0 Å². The fraction of sp³-hybridized carbons (Fsp3) is 0.900. The van der Waals surface area contributed by atoms with Gasteiger partial charge in [-0.15, -0.1) is 0 Å². The highest BCUT2D eigenvalue weighted by atomic mass is 79.9. The minimum absolute atomic E-state index is 0.0672. The van der Waals surface area contributed by atoms with E-state index in [0.717, 1.165) is 24.6 Å². The summed E-state index contributed by atoms with van der Waals surface area (Å²) in [6, 6.07) is 0. The highest BCUT2D eigenvalue weighted by Gasteiger charge is 2.05. The Morgan fingerprint density at radius 3 is 2.77 bits per heavy atom. The second kappa shape index (κ2) is 8.54. The Labute approximate surface area is 89.2 Å². The zero-order valence-corrected chi connectivity index (χ0v) is 10.1. The van der Waals surface area contributed by atoms with Gasteiger partial charge in [-0.25, -0.2) is 0 Å². The number of hydrogen-bond acceptors (Lipinski definition) is 2. The van der Waals surface area contributed by atoms with Crippen molar-refractivity contribution in [2.75, 3.05) is 11.9 Å². The molecule has 0 amide bonds. The summed E-state index contributed by atoms with van der Waals surface area (Å²) >= 11 is 3.27. The van der Waals surface area contributed by atoms with Crippen molar-refractivity contribution in [3.05, 3.63) is 0 Å². The van der Waals surface area contributed by atoms with Gasteiger partial charge in [0.15, 0.2) is 0 Å². The molecule has 1 atom stereocenters. The second-order valence-electron chi connectivity index (χ2n) is 3.37. The lowest BCUT2D eigenvalue weighted by atomic mass is 10.1. The van der Waals surface area contributed by atoms with Gasteiger partial charge < -0.3 is 4.74 Å². The van der Waals surface area contributed by atoms with Crippen LogP contribution in [0.2, 0.25) is 0 Å². The van der Waals surface area contributed by atoms with Crippen LogP contribution in [0.5, 0.6) is 0 Å². The molecule has 0 aliphatic rings. The summed E-state index contributed by atoms with van der Waals surface area (Å²) < 4.78 is 5.10. The number of carbonyl (C=O) groups is 1. The van der Waals surface area contributed by atoms with Gasteiger partial charge in [-0.3, -0.25) is 4.79 Å². The highest BCUT2D eigenvalue weighted by molar-refractivity contribution is 9.09. The van der Waals surface area contributed by atoms with Gasteiger partial charge in [0.2, 0.25) is 0 Å². The Hall–Kier alpha value is -0.0500. The maximum absolute atomic E-state index is 11.1. The molecule has 0 aromatic carbocycles. The molecular formula is C10H19BrO2. The van der Waals surface area contributed by atoms with E-state index in [1.165, 1.54) is 0 Å².